The van der Waals surface area contributed by atoms with Gasteiger partial charge in [0, 0.05) is 49.8 Å². The van der Waals surface area contributed by atoms with E-state index in [-0.39, 0.29) is 63.2 Å². The topological polar surface area (TPSA) is 244 Å². The maximum Gasteiger partial charge on any atom is 0.407 e. The molecule has 0 spiro atoms. The molecule has 59 heavy (non-hydrogen) atoms. The summed E-state index contributed by atoms with van der Waals surface area (Å²) in [6, 6.07) is 1.98. The van der Waals surface area contributed by atoms with Crippen molar-refractivity contribution in [1.82, 2.24) is 21.3 Å². The van der Waals surface area contributed by atoms with Gasteiger partial charge in [0.2, 0.25) is 11.8 Å². The first kappa shape index (κ1) is 52.5. The minimum atomic E-state index is -5.82. The highest BCUT2D eigenvalue weighted by Gasteiger charge is 2.50. The van der Waals surface area contributed by atoms with E-state index in [4.69, 9.17) is 19.3 Å². The number of benzene rings is 1. The number of carbonyl (C=O) groups excluding carboxylic acids is 7. The highest BCUT2D eigenvalue weighted by Crippen LogP contribution is 2.59. The Hall–Kier alpha value is -4.54. The summed E-state index contributed by atoms with van der Waals surface area (Å²) in [6.45, 7) is 13.6. The minimum Gasteiger partial charge on any atom is -0.445 e. The summed E-state index contributed by atoms with van der Waals surface area (Å²) in [5.41, 5.74) is -5.74. The maximum absolute atomic E-state index is 14.2. The average molecular weight is 859 g/mol. The molecule has 0 aliphatic carbocycles. The van der Waals surface area contributed by atoms with Crippen LogP contribution in [0.3, 0.4) is 0 Å². The van der Waals surface area contributed by atoms with Gasteiger partial charge in [0.25, 0.3) is 0 Å². The smallest absolute Gasteiger partial charge is 0.407 e. The van der Waals surface area contributed by atoms with Crippen molar-refractivity contribution in [2.24, 2.45) is 11.8 Å². The summed E-state index contributed by atoms with van der Waals surface area (Å²) in [6.07, 6.45) is 1.59. The molecule has 4 amide bonds. The maximum atomic E-state index is 14.2. The second-order valence-electron chi connectivity index (χ2n) is 15.3. The molecule has 332 valence electrons. The van der Waals surface area contributed by atoms with E-state index in [1.165, 1.54) is 19.9 Å². The molecule has 0 bridgehead atoms. The molecule has 0 aromatic heterocycles. The number of Topliss-reactive ketones (excluding diaryl/α,β-unsaturated/α-hetero) is 3. The van der Waals surface area contributed by atoms with E-state index in [0.29, 0.717) is 37.8 Å². The lowest BCUT2D eigenvalue weighted by molar-refractivity contribution is -0.134. The number of nitrogens with one attached hydrogen (secondary N) is 4. The van der Waals surface area contributed by atoms with Crippen molar-refractivity contribution in [3.63, 3.8) is 0 Å². The number of halogens is 2. The molecule has 0 aliphatic heterocycles. The first-order valence-electron chi connectivity index (χ1n) is 19.6. The summed E-state index contributed by atoms with van der Waals surface area (Å²) in [5, 5.41) is 10.6. The lowest BCUT2D eigenvalue weighted by atomic mass is 9.91. The van der Waals surface area contributed by atoms with Crippen LogP contribution >= 0.6 is 7.60 Å². The van der Waals surface area contributed by atoms with Crippen LogP contribution in [0.25, 0.3) is 0 Å². The van der Waals surface area contributed by atoms with Crippen molar-refractivity contribution in [3.8, 4) is 0 Å². The lowest BCUT2D eigenvalue weighted by Crippen LogP contribution is -2.47. The Morgan fingerprint density at radius 2 is 1.36 bits per heavy atom. The van der Waals surface area contributed by atoms with Gasteiger partial charge >= 0.3 is 25.4 Å². The zero-order valence-corrected chi connectivity index (χ0v) is 35.7. The molecular formula is C40H61F2N4O12P. The molecule has 0 aliphatic rings. The van der Waals surface area contributed by atoms with Crippen molar-refractivity contribution in [3.05, 3.63) is 48.0 Å². The predicted octanol–water partition coefficient (Wildman–Crippen LogP) is 5.37. The SMILES string of the molecule is C=CCOC(=O)NCCCCC(NC(=O)C(CC(C)=O)Cc1ccc(C(F)(F)P(=O)(O)O)cc1)C(=O)CC(C)C(=O)NC(CCCCNC(=O)OC(C)(C)C)C(=O)CC. The molecular weight excluding hydrogens is 797 g/mol. The second-order valence-corrected chi connectivity index (χ2v) is 17.0. The zero-order chi connectivity index (χ0) is 45.0. The number of carbonyl (C=O) groups is 7. The standard InChI is InChI=1S/C40H61F2N4O12P/c1-8-22-57-37(52)43-20-12-11-15-32(46-36(51)29(24-27(4)47)25-28-16-18-30(19-17-28)40(41,42)59(54,55)56)34(49)23-26(3)35(50)45-31(33(48)9-2)14-10-13-21-44-38(53)58-39(5,6)7/h8,16-19,26,29,31-32H,1,9-15,20-25H2,2-7H3,(H,43,52)(H,44,53)(H,45,50)(H,46,51)(H2,54,55,56). The molecule has 0 saturated heterocycles. The predicted molar refractivity (Wildman–Crippen MR) is 214 cm³/mol. The van der Waals surface area contributed by atoms with E-state index in [2.05, 4.69) is 27.8 Å². The van der Waals surface area contributed by atoms with E-state index >= 15 is 0 Å². The van der Waals surface area contributed by atoms with Gasteiger partial charge < -0.3 is 45.3 Å². The third-order valence-corrected chi connectivity index (χ3v) is 9.87. The molecule has 1 aromatic rings. The average Bonchev–Trinajstić information content (AvgIpc) is 3.13. The van der Waals surface area contributed by atoms with Crippen LogP contribution in [0.4, 0.5) is 18.4 Å². The van der Waals surface area contributed by atoms with Gasteiger partial charge in [-0.2, -0.15) is 8.78 Å². The van der Waals surface area contributed by atoms with Crippen LogP contribution in [0.5, 0.6) is 0 Å². The molecule has 1 rings (SSSR count). The van der Waals surface area contributed by atoms with E-state index in [1.807, 2.05) is 0 Å². The fraction of sp³-hybridized carbons (Fsp3) is 0.625. The van der Waals surface area contributed by atoms with Gasteiger partial charge in [-0.25, -0.2) is 9.59 Å². The van der Waals surface area contributed by atoms with Gasteiger partial charge in [-0.3, -0.25) is 23.7 Å². The largest absolute Gasteiger partial charge is 0.445 e. The summed E-state index contributed by atoms with van der Waals surface area (Å²) < 4.78 is 49.8. The van der Waals surface area contributed by atoms with Crippen LogP contribution in [-0.2, 0) is 50.1 Å². The Morgan fingerprint density at radius 3 is 1.85 bits per heavy atom. The van der Waals surface area contributed by atoms with Crippen LogP contribution in [0, 0.1) is 11.8 Å². The van der Waals surface area contributed by atoms with Crippen LogP contribution in [0.15, 0.2) is 36.9 Å². The fourth-order valence-electron chi connectivity index (χ4n) is 5.74. The number of rotatable bonds is 27. The van der Waals surface area contributed by atoms with E-state index in [1.54, 1.807) is 27.7 Å². The summed E-state index contributed by atoms with van der Waals surface area (Å²) in [5.74, 6) is -4.39. The monoisotopic (exact) mass is 858 g/mol. The fourth-order valence-corrected chi connectivity index (χ4v) is 6.23. The van der Waals surface area contributed by atoms with E-state index < -0.39 is 78.1 Å². The quantitative estimate of drug-likeness (QED) is 0.0372. The Kier molecular flexibility index (Phi) is 22.4. The Labute approximate surface area is 344 Å². The summed E-state index contributed by atoms with van der Waals surface area (Å²) >= 11 is 0. The van der Waals surface area contributed by atoms with Gasteiger partial charge in [-0.05, 0) is 78.2 Å². The molecule has 4 unspecified atom stereocenters. The van der Waals surface area contributed by atoms with Crippen molar-refractivity contribution < 1.29 is 66.2 Å². The number of ether oxygens (including phenoxy) is 2. The molecule has 16 nitrogen and oxygen atoms in total. The molecule has 0 saturated carbocycles. The second kappa shape index (κ2) is 25.2. The Balaban J connectivity index is 3.10. The van der Waals surface area contributed by atoms with Crippen molar-refractivity contribution in [1.29, 1.82) is 0 Å². The Morgan fingerprint density at radius 1 is 0.831 bits per heavy atom. The van der Waals surface area contributed by atoms with Gasteiger partial charge in [0.05, 0.1) is 12.1 Å². The molecule has 1 aromatic carbocycles. The first-order chi connectivity index (χ1) is 27.4. The third-order valence-electron chi connectivity index (χ3n) is 8.88. The van der Waals surface area contributed by atoms with E-state index in [0.717, 1.165) is 24.3 Å². The zero-order valence-electron chi connectivity index (χ0n) is 34.8. The normalized spacial score (nSPS) is 13.8. The summed E-state index contributed by atoms with van der Waals surface area (Å²) in [4.78, 5) is 108. The molecule has 19 heteroatoms. The van der Waals surface area contributed by atoms with Gasteiger partial charge in [-0.1, -0.05) is 50.8 Å². The number of alkyl halides is 2. The van der Waals surface area contributed by atoms with Crippen molar-refractivity contribution >= 4 is 48.9 Å². The number of amides is 4. The van der Waals surface area contributed by atoms with Crippen LogP contribution in [0.2, 0.25) is 0 Å². The van der Waals surface area contributed by atoms with Gasteiger partial charge in [0.1, 0.15) is 18.0 Å². The van der Waals surface area contributed by atoms with Crippen LogP contribution < -0.4 is 21.3 Å². The Bertz CT molecular complexity index is 1650. The molecule has 0 heterocycles. The van der Waals surface area contributed by atoms with E-state index in [9.17, 15) is 46.9 Å². The third kappa shape index (κ3) is 20.3. The van der Waals surface area contributed by atoms with Gasteiger partial charge in [0.15, 0.2) is 11.6 Å². The first-order valence-corrected chi connectivity index (χ1v) is 21.2. The summed E-state index contributed by atoms with van der Waals surface area (Å²) in [7, 11) is -5.82. The number of alkyl carbamates (subject to hydrolysis) is 2. The number of hydrogen-bond donors (Lipinski definition) is 6. The van der Waals surface area contributed by atoms with Crippen LogP contribution in [0.1, 0.15) is 110 Å². The highest BCUT2D eigenvalue weighted by atomic mass is 31.2. The highest BCUT2D eigenvalue weighted by molar-refractivity contribution is 7.52. The number of ketones is 3. The minimum absolute atomic E-state index is 0.00629. The lowest BCUT2D eigenvalue weighted by Gasteiger charge is -2.24. The molecule has 6 N–H and O–H groups in total. The number of unbranched alkanes of at least 4 members (excludes halogenated alkanes) is 2. The molecule has 0 fully saturated rings. The molecule has 4 atom stereocenters. The van der Waals surface area contributed by atoms with Gasteiger partial charge in [-0.15, -0.1) is 0 Å². The number of hydrogen-bond acceptors (Lipinski definition) is 10. The van der Waals surface area contributed by atoms with Crippen molar-refractivity contribution in [2.75, 3.05) is 19.7 Å². The molecule has 0 radical (unpaired) electrons. The van der Waals surface area contributed by atoms with Crippen molar-refractivity contribution in [2.45, 2.75) is 129 Å². The van der Waals surface area contributed by atoms with Crippen LogP contribution in [-0.4, -0.2) is 88.5 Å².